The number of hydrogen-bond acceptors (Lipinski definition) is 7. The van der Waals surface area contributed by atoms with E-state index in [2.05, 4.69) is 14.8 Å². The van der Waals surface area contributed by atoms with Gasteiger partial charge >= 0.3 is 5.97 Å². The predicted octanol–water partition coefficient (Wildman–Crippen LogP) is 1.26. The van der Waals surface area contributed by atoms with E-state index in [1.54, 1.807) is 10.7 Å². The fourth-order valence-electron chi connectivity index (χ4n) is 1.97. The number of esters is 1. The smallest absolute Gasteiger partial charge is 0.377 e. The summed E-state index contributed by atoms with van der Waals surface area (Å²) < 4.78 is 22.3. The number of carbonyl (C=O) groups excluding carboxylic acids is 1. The van der Waals surface area contributed by atoms with E-state index in [1.807, 2.05) is 12.1 Å². The highest BCUT2D eigenvalue weighted by molar-refractivity contribution is 5.84. The molecule has 0 N–H and O–H groups in total. The van der Waals surface area contributed by atoms with Crippen LogP contribution in [0.5, 0.6) is 17.2 Å². The fourth-order valence-corrected chi connectivity index (χ4v) is 1.97. The number of ether oxygens (including phenoxy) is 4. The molecule has 0 aliphatic carbocycles. The molecule has 0 radical (unpaired) electrons. The first kappa shape index (κ1) is 14.2. The van der Waals surface area contributed by atoms with Gasteiger partial charge in [-0.25, -0.2) is 9.78 Å². The van der Waals surface area contributed by atoms with Crippen molar-refractivity contribution in [2.75, 3.05) is 20.5 Å². The molecule has 8 heteroatoms. The summed E-state index contributed by atoms with van der Waals surface area (Å²) in [5.74, 6) is 1.65. The number of aromatic nitrogens is 3. The lowest BCUT2D eigenvalue weighted by molar-refractivity contribution is 0.0586. The highest BCUT2D eigenvalue weighted by Gasteiger charge is 2.14. The van der Waals surface area contributed by atoms with Gasteiger partial charge in [-0.05, 0) is 12.1 Å². The third-order valence-electron chi connectivity index (χ3n) is 3.05. The Kier molecular flexibility index (Phi) is 4.08. The van der Waals surface area contributed by atoms with E-state index in [0.29, 0.717) is 18.9 Å². The van der Waals surface area contributed by atoms with Gasteiger partial charge in [0, 0.05) is 19.0 Å². The maximum absolute atomic E-state index is 11.2. The SMILES string of the molecule is COC(=O)c1ncn(CCCOc2ccc3c(c2)OCO3)n1. The molecule has 0 unspecified atom stereocenters. The Balaban J connectivity index is 1.45. The topological polar surface area (TPSA) is 84.7 Å². The molecule has 0 saturated heterocycles. The maximum Gasteiger partial charge on any atom is 0.377 e. The minimum atomic E-state index is -0.546. The first-order chi connectivity index (χ1) is 10.8. The van der Waals surface area contributed by atoms with Gasteiger partial charge < -0.3 is 18.9 Å². The van der Waals surface area contributed by atoms with Crippen molar-refractivity contribution in [2.24, 2.45) is 0 Å². The molecule has 3 rings (SSSR count). The van der Waals surface area contributed by atoms with Crippen LogP contribution in [0.3, 0.4) is 0 Å². The van der Waals surface area contributed by atoms with Crippen LogP contribution in [0.1, 0.15) is 17.0 Å². The monoisotopic (exact) mass is 305 g/mol. The Bertz CT molecular complexity index is 670. The van der Waals surface area contributed by atoms with Crippen LogP contribution in [0.15, 0.2) is 24.5 Å². The van der Waals surface area contributed by atoms with Crippen molar-refractivity contribution < 1.29 is 23.7 Å². The number of methoxy groups -OCH3 is 1. The number of rotatable bonds is 6. The molecule has 1 aliphatic heterocycles. The molecule has 0 spiro atoms. The van der Waals surface area contributed by atoms with Crippen LogP contribution < -0.4 is 14.2 Å². The highest BCUT2D eigenvalue weighted by Crippen LogP contribution is 2.35. The van der Waals surface area contributed by atoms with Gasteiger partial charge in [-0.3, -0.25) is 4.68 Å². The molecule has 0 fully saturated rings. The van der Waals surface area contributed by atoms with Gasteiger partial charge in [0.1, 0.15) is 12.1 Å². The summed E-state index contributed by atoms with van der Waals surface area (Å²) in [4.78, 5) is 15.1. The largest absolute Gasteiger partial charge is 0.493 e. The summed E-state index contributed by atoms with van der Waals surface area (Å²) in [6.45, 7) is 1.34. The molecule has 22 heavy (non-hydrogen) atoms. The lowest BCUT2D eigenvalue weighted by Crippen LogP contribution is -2.08. The van der Waals surface area contributed by atoms with E-state index in [0.717, 1.165) is 17.9 Å². The molecule has 1 aliphatic rings. The molecule has 1 aromatic heterocycles. The summed E-state index contributed by atoms with van der Waals surface area (Å²) in [5, 5.41) is 4.01. The van der Waals surface area contributed by atoms with E-state index in [4.69, 9.17) is 14.2 Å². The van der Waals surface area contributed by atoms with Gasteiger partial charge in [-0.2, -0.15) is 0 Å². The highest BCUT2D eigenvalue weighted by atomic mass is 16.7. The molecular weight excluding hydrogens is 290 g/mol. The molecule has 0 atom stereocenters. The molecule has 0 bridgehead atoms. The van der Waals surface area contributed by atoms with Crippen molar-refractivity contribution in [3.63, 3.8) is 0 Å². The summed E-state index contributed by atoms with van der Waals surface area (Å²) in [6.07, 6.45) is 2.21. The second-order valence-electron chi connectivity index (χ2n) is 4.54. The van der Waals surface area contributed by atoms with E-state index < -0.39 is 5.97 Å². The number of fused-ring (bicyclic) bond motifs is 1. The van der Waals surface area contributed by atoms with Crippen LogP contribution in [-0.2, 0) is 11.3 Å². The van der Waals surface area contributed by atoms with Gasteiger partial charge in [0.15, 0.2) is 11.5 Å². The lowest BCUT2D eigenvalue weighted by atomic mass is 10.3. The van der Waals surface area contributed by atoms with Gasteiger partial charge in [-0.1, -0.05) is 0 Å². The molecule has 1 aromatic carbocycles. The van der Waals surface area contributed by atoms with Crippen LogP contribution >= 0.6 is 0 Å². The van der Waals surface area contributed by atoms with Crippen molar-refractivity contribution in [2.45, 2.75) is 13.0 Å². The molecule has 0 amide bonds. The minimum Gasteiger partial charge on any atom is -0.493 e. The lowest BCUT2D eigenvalue weighted by Gasteiger charge is -2.06. The first-order valence-corrected chi connectivity index (χ1v) is 6.76. The number of nitrogens with zero attached hydrogens (tertiary/aromatic N) is 3. The first-order valence-electron chi connectivity index (χ1n) is 6.76. The summed E-state index contributed by atoms with van der Waals surface area (Å²) in [6, 6.07) is 5.45. The van der Waals surface area contributed by atoms with Gasteiger partial charge in [0.05, 0.1) is 13.7 Å². The normalized spacial score (nSPS) is 12.2. The molecule has 0 saturated carbocycles. The zero-order valence-corrected chi connectivity index (χ0v) is 12.0. The van der Waals surface area contributed by atoms with E-state index in [9.17, 15) is 4.79 Å². The van der Waals surface area contributed by atoms with Crippen LogP contribution in [0, 0.1) is 0 Å². The van der Waals surface area contributed by atoms with Crippen molar-refractivity contribution in [3.05, 3.63) is 30.4 Å². The van der Waals surface area contributed by atoms with Crippen LogP contribution in [0.2, 0.25) is 0 Å². The average Bonchev–Trinajstić information content (AvgIpc) is 3.19. The van der Waals surface area contributed by atoms with Crippen molar-refractivity contribution in [3.8, 4) is 17.2 Å². The van der Waals surface area contributed by atoms with Crippen LogP contribution in [-0.4, -0.2) is 41.2 Å². The molecule has 8 nitrogen and oxygen atoms in total. The van der Waals surface area contributed by atoms with E-state index in [1.165, 1.54) is 13.4 Å². The Labute approximate surface area is 126 Å². The Morgan fingerprint density at radius 2 is 2.23 bits per heavy atom. The van der Waals surface area contributed by atoms with Crippen LogP contribution in [0.25, 0.3) is 0 Å². The number of hydrogen-bond donors (Lipinski definition) is 0. The molecule has 116 valence electrons. The van der Waals surface area contributed by atoms with Gasteiger partial charge in [0.2, 0.25) is 6.79 Å². The fraction of sp³-hybridized carbons (Fsp3) is 0.357. The maximum atomic E-state index is 11.2. The van der Waals surface area contributed by atoms with Crippen molar-refractivity contribution in [1.82, 2.24) is 14.8 Å². The second-order valence-corrected chi connectivity index (χ2v) is 4.54. The minimum absolute atomic E-state index is 0.0548. The van der Waals surface area contributed by atoms with E-state index >= 15 is 0 Å². The Morgan fingerprint density at radius 3 is 3.09 bits per heavy atom. The molecule has 2 aromatic rings. The van der Waals surface area contributed by atoms with Crippen molar-refractivity contribution >= 4 is 5.97 Å². The second kappa shape index (κ2) is 6.33. The zero-order valence-electron chi connectivity index (χ0n) is 12.0. The number of benzene rings is 1. The third-order valence-corrected chi connectivity index (χ3v) is 3.05. The van der Waals surface area contributed by atoms with E-state index in [-0.39, 0.29) is 12.6 Å². The summed E-state index contributed by atoms with van der Waals surface area (Å²) >= 11 is 0. The van der Waals surface area contributed by atoms with Crippen molar-refractivity contribution in [1.29, 1.82) is 0 Å². The molecule has 2 heterocycles. The summed E-state index contributed by atoms with van der Waals surface area (Å²) in [7, 11) is 1.29. The number of aryl methyl sites for hydroxylation is 1. The Morgan fingerprint density at radius 1 is 1.36 bits per heavy atom. The van der Waals surface area contributed by atoms with Gasteiger partial charge in [0.25, 0.3) is 5.82 Å². The third kappa shape index (κ3) is 3.11. The number of carbonyl (C=O) groups is 1. The summed E-state index contributed by atoms with van der Waals surface area (Å²) in [5.41, 5.74) is 0. The quantitative estimate of drug-likeness (QED) is 0.586. The standard InChI is InChI=1S/C14H15N3O5/c1-19-14(18)13-15-8-17(16-13)5-2-6-20-10-3-4-11-12(7-10)22-9-21-11/h3-4,7-8H,2,5-6,9H2,1H3. The molecular formula is C14H15N3O5. The zero-order chi connectivity index (χ0) is 15.4. The Hall–Kier alpha value is -2.77. The van der Waals surface area contributed by atoms with Crippen LogP contribution in [0.4, 0.5) is 0 Å². The predicted molar refractivity (Wildman–Crippen MR) is 74.0 cm³/mol. The average molecular weight is 305 g/mol. The van der Waals surface area contributed by atoms with Gasteiger partial charge in [-0.15, -0.1) is 5.10 Å².